The lowest BCUT2D eigenvalue weighted by Gasteiger charge is -2.05. The number of nitrogens with zero attached hydrogens (tertiary/aromatic N) is 3. The third kappa shape index (κ3) is 4.52. The van der Waals surface area contributed by atoms with Gasteiger partial charge in [-0.25, -0.2) is 4.98 Å². The quantitative estimate of drug-likeness (QED) is 0.326. The Morgan fingerprint density at radius 2 is 1.86 bits per heavy atom. The van der Waals surface area contributed by atoms with E-state index in [9.17, 15) is 0 Å². The van der Waals surface area contributed by atoms with Gasteiger partial charge in [-0.15, -0.1) is 21.5 Å². The maximum Gasteiger partial charge on any atom is 0.277 e. The van der Waals surface area contributed by atoms with Crippen molar-refractivity contribution in [1.82, 2.24) is 15.2 Å². The highest BCUT2D eigenvalue weighted by atomic mass is 32.2. The van der Waals surface area contributed by atoms with Crippen LogP contribution in [0.1, 0.15) is 31.0 Å². The minimum atomic E-state index is 0.453. The average molecular weight is 424 g/mol. The van der Waals surface area contributed by atoms with E-state index in [-0.39, 0.29) is 0 Å². The molecule has 0 saturated heterocycles. The molecule has 2 aromatic carbocycles. The molecule has 0 spiro atoms. The van der Waals surface area contributed by atoms with E-state index in [0.717, 1.165) is 21.8 Å². The topological polar surface area (TPSA) is 61.0 Å². The molecule has 0 radical (unpaired) electrons. The first-order valence-electron chi connectivity index (χ1n) is 9.28. The van der Waals surface area contributed by atoms with Crippen LogP contribution in [0.2, 0.25) is 0 Å². The number of para-hydroxylation sites is 1. The number of methoxy groups -OCH3 is 1. The first-order valence-corrected chi connectivity index (χ1v) is 11.1. The van der Waals surface area contributed by atoms with Crippen LogP contribution in [0.25, 0.3) is 22.0 Å². The van der Waals surface area contributed by atoms with Crippen molar-refractivity contribution >= 4 is 23.1 Å². The number of hydrogen-bond donors (Lipinski definition) is 0. The molecule has 29 heavy (non-hydrogen) atoms. The van der Waals surface area contributed by atoms with E-state index in [1.165, 1.54) is 17.3 Å². The molecule has 2 aromatic heterocycles. The van der Waals surface area contributed by atoms with Gasteiger partial charge in [-0.05, 0) is 23.6 Å². The lowest BCUT2D eigenvalue weighted by Crippen LogP contribution is -1.87. The van der Waals surface area contributed by atoms with Gasteiger partial charge in [0.1, 0.15) is 10.8 Å². The second kappa shape index (κ2) is 8.80. The van der Waals surface area contributed by atoms with Crippen LogP contribution in [0, 0.1) is 0 Å². The molecule has 0 fully saturated rings. The van der Waals surface area contributed by atoms with E-state index >= 15 is 0 Å². The zero-order valence-corrected chi connectivity index (χ0v) is 18.1. The summed E-state index contributed by atoms with van der Waals surface area (Å²) in [5.74, 6) is 2.37. The molecule has 7 heteroatoms. The largest absolute Gasteiger partial charge is 0.496 e. The molecule has 4 rings (SSSR count). The van der Waals surface area contributed by atoms with Crippen molar-refractivity contribution in [3.8, 4) is 27.8 Å². The standard InChI is InChI=1S/C22H21N3O2S2/c1-14(2)15-8-10-16(11-9-15)21-23-17(12-28-21)13-29-22-25-24-20(27-22)18-6-4-5-7-19(18)26-3/h4-12,14H,13H2,1-3H3. The molecule has 0 aliphatic rings. The van der Waals surface area contributed by atoms with Gasteiger partial charge in [0, 0.05) is 16.7 Å². The monoisotopic (exact) mass is 423 g/mol. The fraction of sp³-hybridized carbons (Fsp3) is 0.227. The number of ether oxygens (including phenoxy) is 1. The van der Waals surface area contributed by atoms with Crippen LogP contribution in [0.4, 0.5) is 0 Å². The summed E-state index contributed by atoms with van der Waals surface area (Å²) in [5, 5.41) is 11.9. The van der Waals surface area contributed by atoms with Crippen molar-refractivity contribution in [2.24, 2.45) is 0 Å². The van der Waals surface area contributed by atoms with E-state index in [1.54, 1.807) is 18.4 Å². The summed E-state index contributed by atoms with van der Waals surface area (Å²) in [6.07, 6.45) is 0. The summed E-state index contributed by atoms with van der Waals surface area (Å²) >= 11 is 3.13. The number of thiazole rings is 1. The second-order valence-corrected chi connectivity index (χ2v) is 8.57. The molecule has 5 nitrogen and oxygen atoms in total. The molecule has 0 bridgehead atoms. The molecular weight excluding hydrogens is 402 g/mol. The molecule has 0 aliphatic heterocycles. The Morgan fingerprint density at radius 3 is 2.62 bits per heavy atom. The molecule has 0 unspecified atom stereocenters. The van der Waals surface area contributed by atoms with E-state index in [0.29, 0.717) is 28.5 Å². The Labute approximate surface area is 178 Å². The Balaban J connectivity index is 1.42. The summed E-state index contributed by atoms with van der Waals surface area (Å²) in [7, 11) is 1.63. The van der Waals surface area contributed by atoms with Crippen molar-refractivity contribution in [2.45, 2.75) is 30.7 Å². The lowest BCUT2D eigenvalue weighted by molar-refractivity contribution is 0.411. The van der Waals surface area contributed by atoms with Crippen LogP contribution >= 0.6 is 23.1 Å². The second-order valence-electron chi connectivity index (χ2n) is 6.78. The van der Waals surface area contributed by atoms with Gasteiger partial charge >= 0.3 is 0 Å². The van der Waals surface area contributed by atoms with Gasteiger partial charge in [-0.2, -0.15) is 0 Å². The summed E-state index contributed by atoms with van der Waals surface area (Å²) in [6.45, 7) is 4.40. The van der Waals surface area contributed by atoms with Crippen LogP contribution in [-0.2, 0) is 5.75 Å². The molecule has 4 aromatic rings. The van der Waals surface area contributed by atoms with Crippen molar-refractivity contribution in [3.05, 3.63) is 65.2 Å². The van der Waals surface area contributed by atoms with Gasteiger partial charge in [0.05, 0.1) is 18.4 Å². The van der Waals surface area contributed by atoms with Crippen molar-refractivity contribution < 1.29 is 9.15 Å². The van der Waals surface area contributed by atoms with Crippen molar-refractivity contribution in [2.75, 3.05) is 7.11 Å². The highest BCUT2D eigenvalue weighted by molar-refractivity contribution is 7.98. The Kier molecular flexibility index (Phi) is 5.97. The third-order valence-electron chi connectivity index (χ3n) is 4.46. The molecule has 0 aliphatic carbocycles. The summed E-state index contributed by atoms with van der Waals surface area (Å²) in [5.41, 5.74) is 4.27. The van der Waals surface area contributed by atoms with Crippen molar-refractivity contribution in [1.29, 1.82) is 0 Å². The maximum absolute atomic E-state index is 5.80. The number of thioether (sulfide) groups is 1. The Bertz CT molecular complexity index is 1090. The molecular formula is C22H21N3O2S2. The molecule has 0 amide bonds. The van der Waals surface area contributed by atoms with Crippen LogP contribution in [0.3, 0.4) is 0 Å². The maximum atomic E-state index is 5.80. The van der Waals surface area contributed by atoms with Crippen LogP contribution < -0.4 is 4.74 Å². The van der Waals surface area contributed by atoms with Gasteiger partial charge in [-0.3, -0.25) is 0 Å². The predicted octanol–water partition coefficient (Wildman–Crippen LogP) is 6.28. The van der Waals surface area contributed by atoms with E-state index < -0.39 is 0 Å². The van der Waals surface area contributed by atoms with Crippen LogP contribution in [0.15, 0.2) is 63.6 Å². The number of benzene rings is 2. The summed E-state index contributed by atoms with van der Waals surface area (Å²) in [6, 6.07) is 16.2. The van der Waals surface area contributed by atoms with Crippen molar-refractivity contribution in [3.63, 3.8) is 0 Å². The highest BCUT2D eigenvalue weighted by Crippen LogP contribution is 2.32. The minimum absolute atomic E-state index is 0.453. The van der Waals surface area contributed by atoms with Gasteiger partial charge in [0.15, 0.2) is 0 Å². The molecule has 0 N–H and O–H groups in total. The smallest absolute Gasteiger partial charge is 0.277 e. The van der Waals surface area contributed by atoms with E-state index in [4.69, 9.17) is 14.1 Å². The van der Waals surface area contributed by atoms with E-state index in [2.05, 4.69) is 53.7 Å². The third-order valence-corrected chi connectivity index (χ3v) is 6.26. The van der Waals surface area contributed by atoms with Gasteiger partial charge in [0.2, 0.25) is 0 Å². The first-order chi connectivity index (χ1) is 14.1. The van der Waals surface area contributed by atoms with E-state index in [1.807, 2.05) is 24.3 Å². The first kappa shape index (κ1) is 19.7. The van der Waals surface area contributed by atoms with Crippen LogP contribution in [0.5, 0.6) is 5.75 Å². The predicted molar refractivity (Wildman–Crippen MR) is 117 cm³/mol. The van der Waals surface area contributed by atoms with Gasteiger partial charge in [-0.1, -0.05) is 62.0 Å². The average Bonchev–Trinajstić information content (AvgIpc) is 3.42. The molecule has 0 atom stereocenters. The minimum Gasteiger partial charge on any atom is -0.496 e. The number of hydrogen-bond acceptors (Lipinski definition) is 7. The SMILES string of the molecule is COc1ccccc1-c1nnc(SCc2csc(-c3ccc(C(C)C)cc3)n2)o1. The lowest BCUT2D eigenvalue weighted by atomic mass is 10.0. The normalized spacial score (nSPS) is 11.2. The fourth-order valence-electron chi connectivity index (χ4n) is 2.85. The zero-order valence-electron chi connectivity index (χ0n) is 16.5. The Hall–Kier alpha value is -2.64. The number of aromatic nitrogens is 3. The van der Waals surface area contributed by atoms with Gasteiger partial charge < -0.3 is 9.15 Å². The van der Waals surface area contributed by atoms with Gasteiger partial charge in [0.25, 0.3) is 11.1 Å². The molecule has 148 valence electrons. The zero-order chi connectivity index (χ0) is 20.2. The number of rotatable bonds is 7. The summed E-state index contributed by atoms with van der Waals surface area (Å²) in [4.78, 5) is 4.75. The van der Waals surface area contributed by atoms with Crippen LogP contribution in [-0.4, -0.2) is 22.3 Å². The molecule has 2 heterocycles. The highest BCUT2D eigenvalue weighted by Gasteiger charge is 2.14. The summed E-state index contributed by atoms with van der Waals surface area (Å²) < 4.78 is 11.2. The Morgan fingerprint density at radius 1 is 1.07 bits per heavy atom. The fourth-order valence-corrected chi connectivity index (χ4v) is 4.44. The molecule has 0 saturated carbocycles.